The van der Waals surface area contributed by atoms with Crippen molar-refractivity contribution in [3.8, 4) is 5.75 Å². The molecule has 16 heavy (non-hydrogen) atoms. The zero-order valence-corrected chi connectivity index (χ0v) is 10.0. The molecule has 0 saturated carbocycles. The standard InChI is InChI=1S/C14H14OS/c1-15-14-10-3-2-6-12(14)7-4-8-13-9-5-11-16-13/h2-6,8-11H,7H2,1H3. The first kappa shape index (κ1) is 11.0. The normalized spacial score (nSPS) is 10.8. The van der Waals surface area contributed by atoms with E-state index in [9.17, 15) is 0 Å². The molecule has 0 N–H and O–H groups in total. The van der Waals surface area contributed by atoms with Gasteiger partial charge in [-0.1, -0.05) is 30.3 Å². The topological polar surface area (TPSA) is 9.23 Å². The molecule has 0 amide bonds. The molecule has 2 heteroatoms. The van der Waals surface area contributed by atoms with E-state index in [-0.39, 0.29) is 0 Å². The van der Waals surface area contributed by atoms with E-state index in [2.05, 4.69) is 35.7 Å². The van der Waals surface area contributed by atoms with Crippen molar-refractivity contribution in [3.63, 3.8) is 0 Å². The van der Waals surface area contributed by atoms with Gasteiger partial charge < -0.3 is 4.74 Å². The van der Waals surface area contributed by atoms with Crippen LogP contribution in [0.15, 0.2) is 47.9 Å². The number of rotatable bonds is 4. The minimum Gasteiger partial charge on any atom is -0.496 e. The van der Waals surface area contributed by atoms with Gasteiger partial charge in [-0.3, -0.25) is 0 Å². The third-order valence-corrected chi connectivity index (χ3v) is 3.19. The van der Waals surface area contributed by atoms with Gasteiger partial charge in [-0.05, 0) is 35.6 Å². The molecule has 0 unspecified atom stereocenters. The molecule has 1 aromatic heterocycles. The molecule has 1 nitrogen and oxygen atoms in total. The van der Waals surface area contributed by atoms with E-state index in [0.29, 0.717) is 0 Å². The average Bonchev–Trinajstić information content (AvgIpc) is 2.83. The lowest BCUT2D eigenvalue weighted by Gasteiger charge is -2.04. The second-order valence-corrected chi connectivity index (χ2v) is 4.41. The van der Waals surface area contributed by atoms with Crippen molar-refractivity contribution < 1.29 is 4.74 Å². The monoisotopic (exact) mass is 230 g/mol. The molecule has 0 atom stereocenters. The summed E-state index contributed by atoms with van der Waals surface area (Å²) in [6, 6.07) is 12.3. The Kier molecular flexibility index (Phi) is 3.78. The highest BCUT2D eigenvalue weighted by Gasteiger charge is 1.98. The largest absolute Gasteiger partial charge is 0.496 e. The first-order chi connectivity index (χ1) is 7.90. The Morgan fingerprint density at radius 2 is 2.06 bits per heavy atom. The summed E-state index contributed by atoms with van der Waals surface area (Å²) in [5.41, 5.74) is 1.22. The highest BCUT2D eigenvalue weighted by atomic mass is 32.1. The molecule has 1 aromatic carbocycles. The van der Waals surface area contributed by atoms with Crippen molar-refractivity contribution in [2.45, 2.75) is 6.42 Å². The molecule has 0 saturated heterocycles. The summed E-state index contributed by atoms with van der Waals surface area (Å²) >= 11 is 1.75. The third-order valence-electron chi connectivity index (χ3n) is 2.36. The fourth-order valence-electron chi connectivity index (χ4n) is 1.56. The fraction of sp³-hybridized carbons (Fsp3) is 0.143. The predicted octanol–water partition coefficient (Wildman–Crippen LogP) is 4.01. The summed E-state index contributed by atoms with van der Waals surface area (Å²) in [6.07, 6.45) is 5.22. The van der Waals surface area contributed by atoms with Crippen LogP contribution in [0.3, 0.4) is 0 Å². The quantitative estimate of drug-likeness (QED) is 0.771. The van der Waals surface area contributed by atoms with Gasteiger partial charge >= 0.3 is 0 Å². The maximum atomic E-state index is 5.30. The van der Waals surface area contributed by atoms with Gasteiger partial charge in [-0.15, -0.1) is 11.3 Å². The molecule has 0 bridgehead atoms. The Balaban J connectivity index is 2.04. The molecule has 1 heterocycles. The van der Waals surface area contributed by atoms with Gasteiger partial charge in [0.25, 0.3) is 0 Å². The van der Waals surface area contributed by atoms with Gasteiger partial charge in [0.1, 0.15) is 5.75 Å². The summed E-state index contributed by atoms with van der Waals surface area (Å²) in [4.78, 5) is 1.29. The molecular formula is C14H14OS. The Morgan fingerprint density at radius 1 is 1.19 bits per heavy atom. The summed E-state index contributed by atoms with van der Waals surface area (Å²) in [7, 11) is 1.71. The van der Waals surface area contributed by atoms with Crippen LogP contribution < -0.4 is 4.74 Å². The molecule has 0 fully saturated rings. The van der Waals surface area contributed by atoms with Crippen LogP contribution in [0.2, 0.25) is 0 Å². The van der Waals surface area contributed by atoms with Crippen LogP contribution in [0.25, 0.3) is 6.08 Å². The van der Waals surface area contributed by atoms with Gasteiger partial charge in [0.2, 0.25) is 0 Å². The van der Waals surface area contributed by atoms with Gasteiger partial charge in [-0.25, -0.2) is 0 Å². The lowest BCUT2D eigenvalue weighted by Crippen LogP contribution is -1.89. The smallest absolute Gasteiger partial charge is 0.122 e. The second kappa shape index (κ2) is 5.52. The number of hydrogen-bond acceptors (Lipinski definition) is 2. The first-order valence-corrected chi connectivity index (χ1v) is 6.10. The van der Waals surface area contributed by atoms with Crippen molar-refractivity contribution in [3.05, 3.63) is 58.3 Å². The van der Waals surface area contributed by atoms with Crippen molar-refractivity contribution in [2.75, 3.05) is 7.11 Å². The lowest BCUT2D eigenvalue weighted by atomic mass is 10.1. The SMILES string of the molecule is COc1ccccc1CC=Cc1cccs1. The number of methoxy groups -OCH3 is 1. The van der Waals surface area contributed by atoms with Crippen LogP contribution in [-0.2, 0) is 6.42 Å². The Labute approximate surface area is 100 Å². The Bertz CT molecular complexity index is 457. The highest BCUT2D eigenvalue weighted by molar-refractivity contribution is 7.10. The van der Waals surface area contributed by atoms with E-state index in [4.69, 9.17) is 4.74 Å². The third kappa shape index (κ3) is 2.74. The molecule has 0 radical (unpaired) electrons. The highest BCUT2D eigenvalue weighted by Crippen LogP contribution is 2.19. The molecule has 0 aliphatic carbocycles. The number of benzene rings is 1. The molecule has 2 aromatic rings. The Hall–Kier alpha value is -1.54. The molecule has 82 valence electrons. The summed E-state index contributed by atoms with van der Waals surface area (Å²) in [6.45, 7) is 0. The van der Waals surface area contributed by atoms with Crippen LogP contribution in [0.1, 0.15) is 10.4 Å². The van der Waals surface area contributed by atoms with Crippen molar-refractivity contribution in [2.24, 2.45) is 0 Å². The van der Waals surface area contributed by atoms with E-state index in [1.165, 1.54) is 10.4 Å². The summed E-state index contributed by atoms with van der Waals surface area (Å²) in [5, 5.41) is 2.09. The van der Waals surface area contributed by atoms with Gasteiger partial charge in [0.15, 0.2) is 0 Å². The van der Waals surface area contributed by atoms with Crippen LogP contribution in [0.5, 0.6) is 5.75 Å². The zero-order valence-electron chi connectivity index (χ0n) is 9.22. The minimum absolute atomic E-state index is 0.905. The molecular weight excluding hydrogens is 216 g/mol. The number of allylic oxidation sites excluding steroid dienone is 1. The van der Waals surface area contributed by atoms with Crippen LogP contribution in [0.4, 0.5) is 0 Å². The van der Waals surface area contributed by atoms with Crippen LogP contribution >= 0.6 is 11.3 Å². The fourth-order valence-corrected chi connectivity index (χ4v) is 2.21. The molecule has 0 aliphatic heterocycles. The van der Waals surface area contributed by atoms with E-state index in [1.807, 2.05) is 18.2 Å². The van der Waals surface area contributed by atoms with Crippen molar-refractivity contribution >= 4 is 17.4 Å². The van der Waals surface area contributed by atoms with E-state index < -0.39 is 0 Å². The maximum absolute atomic E-state index is 5.30. The van der Waals surface area contributed by atoms with Crippen molar-refractivity contribution in [1.82, 2.24) is 0 Å². The van der Waals surface area contributed by atoms with E-state index in [1.54, 1.807) is 18.4 Å². The Morgan fingerprint density at radius 3 is 2.81 bits per heavy atom. The molecule has 0 spiro atoms. The zero-order chi connectivity index (χ0) is 11.2. The van der Waals surface area contributed by atoms with Gasteiger partial charge in [0, 0.05) is 4.88 Å². The average molecular weight is 230 g/mol. The van der Waals surface area contributed by atoms with Crippen LogP contribution in [0, 0.1) is 0 Å². The first-order valence-electron chi connectivity index (χ1n) is 5.22. The van der Waals surface area contributed by atoms with E-state index >= 15 is 0 Å². The maximum Gasteiger partial charge on any atom is 0.122 e. The minimum atomic E-state index is 0.905. The second-order valence-electron chi connectivity index (χ2n) is 3.43. The summed E-state index contributed by atoms with van der Waals surface area (Å²) < 4.78 is 5.30. The van der Waals surface area contributed by atoms with Crippen molar-refractivity contribution in [1.29, 1.82) is 0 Å². The number of ether oxygens (including phenoxy) is 1. The number of thiophene rings is 1. The molecule has 2 rings (SSSR count). The van der Waals surface area contributed by atoms with Gasteiger partial charge in [0.05, 0.1) is 7.11 Å². The lowest BCUT2D eigenvalue weighted by molar-refractivity contribution is 0.411. The summed E-state index contributed by atoms with van der Waals surface area (Å²) in [5.74, 6) is 0.957. The van der Waals surface area contributed by atoms with Crippen LogP contribution in [-0.4, -0.2) is 7.11 Å². The number of para-hydroxylation sites is 1. The number of hydrogen-bond donors (Lipinski definition) is 0. The van der Waals surface area contributed by atoms with Gasteiger partial charge in [-0.2, -0.15) is 0 Å². The molecule has 0 aliphatic rings. The van der Waals surface area contributed by atoms with E-state index in [0.717, 1.165) is 12.2 Å². The predicted molar refractivity (Wildman–Crippen MR) is 70.1 cm³/mol.